The number of thiophene rings is 1. The summed E-state index contributed by atoms with van der Waals surface area (Å²) in [5.41, 5.74) is 9.74. The predicted molar refractivity (Wildman–Crippen MR) is 106 cm³/mol. The van der Waals surface area contributed by atoms with Crippen LogP contribution in [0.15, 0.2) is 35.3 Å². The third-order valence-electron chi connectivity index (χ3n) is 5.69. The van der Waals surface area contributed by atoms with E-state index in [9.17, 15) is 14.7 Å². The Hall–Kier alpha value is -2.44. The molecule has 3 N–H and O–H groups in total. The fourth-order valence-electron chi connectivity index (χ4n) is 4.08. The molecule has 0 aromatic carbocycles. The average Bonchev–Trinajstić information content (AvgIpc) is 3.39. The first-order chi connectivity index (χ1) is 13.0. The Morgan fingerprint density at radius 1 is 1.19 bits per heavy atom. The van der Waals surface area contributed by atoms with Crippen LogP contribution >= 0.6 is 11.3 Å². The van der Waals surface area contributed by atoms with Crippen molar-refractivity contribution in [2.75, 3.05) is 0 Å². The van der Waals surface area contributed by atoms with Crippen LogP contribution in [0, 0.1) is 0 Å². The van der Waals surface area contributed by atoms with Crippen molar-refractivity contribution in [3.05, 3.63) is 62.4 Å². The Balaban J connectivity index is 1.70. The van der Waals surface area contributed by atoms with Gasteiger partial charge in [0, 0.05) is 22.0 Å². The smallest absolute Gasteiger partial charge is 0.341 e. The maximum Gasteiger partial charge on any atom is 0.341 e. The predicted octanol–water partition coefficient (Wildman–Crippen LogP) is 3.94. The Kier molecular flexibility index (Phi) is 3.74. The fourth-order valence-corrected chi connectivity index (χ4v) is 5.35. The van der Waals surface area contributed by atoms with Gasteiger partial charge in [-0.25, -0.2) is 4.79 Å². The molecule has 1 fully saturated rings. The summed E-state index contributed by atoms with van der Waals surface area (Å²) in [5.74, 6) is -0.820. The lowest BCUT2D eigenvalue weighted by atomic mass is 9.94. The molecule has 0 spiro atoms. The summed E-state index contributed by atoms with van der Waals surface area (Å²) in [6.45, 7) is 0. The van der Waals surface area contributed by atoms with Gasteiger partial charge in [0.1, 0.15) is 5.56 Å². The van der Waals surface area contributed by atoms with Crippen molar-refractivity contribution in [2.45, 2.75) is 44.1 Å². The van der Waals surface area contributed by atoms with E-state index in [4.69, 9.17) is 5.73 Å². The van der Waals surface area contributed by atoms with E-state index in [0.717, 1.165) is 53.6 Å². The number of carboxylic acid groups (broad SMARTS) is 1. The molecular weight excluding hydrogens is 360 g/mol. The summed E-state index contributed by atoms with van der Waals surface area (Å²) in [6, 6.07) is 7.82. The number of pyridine rings is 2. The lowest BCUT2D eigenvalue weighted by molar-refractivity contribution is 0.0694. The van der Waals surface area contributed by atoms with Crippen molar-refractivity contribution >= 4 is 22.8 Å². The minimum absolute atomic E-state index is 0.113. The quantitative estimate of drug-likeness (QED) is 0.721. The summed E-state index contributed by atoms with van der Waals surface area (Å²) < 4.78 is 1.49. The van der Waals surface area contributed by atoms with E-state index in [0.29, 0.717) is 5.92 Å². The maximum atomic E-state index is 12.6. The highest BCUT2D eigenvalue weighted by atomic mass is 32.1. The van der Waals surface area contributed by atoms with E-state index in [-0.39, 0.29) is 11.6 Å². The monoisotopic (exact) mass is 380 g/mol. The van der Waals surface area contributed by atoms with Crippen LogP contribution in [0.1, 0.15) is 64.0 Å². The maximum absolute atomic E-state index is 12.6. The van der Waals surface area contributed by atoms with Gasteiger partial charge in [0.15, 0.2) is 0 Å². The van der Waals surface area contributed by atoms with Gasteiger partial charge in [-0.3, -0.25) is 9.20 Å². The second-order valence-corrected chi connectivity index (χ2v) is 8.69. The van der Waals surface area contributed by atoms with Crippen molar-refractivity contribution in [2.24, 2.45) is 5.73 Å². The molecule has 3 aromatic heterocycles. The van der Waals surface area contributed by atoms with Crippen LogP contribution < -0.4 is 11.3 Å². The number of rotatable bonds is 3. The molecular formula is C21H20N2O3S. The highest BCUT2D eigenvalue weighted by Gasteiger charge is 2.28. The summed E-state index contributed by atoms with van der Waals surface area (Å²) in [5, 5.41) is 9.38. The molecule has 1 unspecified atom stereocenters. The minimum Gasteiger partial charge on any atom is -0.477 e. The zero-order chi connectivity index (χ0) is 18.7. The average molecular weight is 380 g/mol. The van der Waals surface area contributed by atoms with Gasteiger partial charge in [-0.05, 0) is 79.0 Å². The van der Waals surface area contributed by atoms with Crippen LogP contribution in [0.4, 0.5) is 0 Å². The zero-order valence-electron chi connectivity index (χ0n) is 14.8. The normalized spacial score (nSPS) is 19.2. The van der Waals surface area contributed by atoms with Crippen LogP contribution in [0.2, 0.25) is 0 Å². The third kappa shape index (κ3) is 2.71. The van der Waals surface area contributed by atoms with E-state index in [2.05, 4.69) is 6.07 Å². The van der Waals surface area contributed by atoms with Gasteiger partial charge in [0.25, 0.3) is 5.56 Å². The van der Waals surface area contributed by atoms with Crippen molar-refractivity contribution in [3.63, 3.8) is 0 Å². The SMILES string of the molecule is NC1CCCc2sc(-c3ccn4c(=O)c(C(=O)O)cc(C5CC5)c4c3)cc21. The standard InChI is InChI=1S/C21H20N2O3S/c22-16-2-1-3-18-14(16)10-19(27-18)12-6-7-23-17(8-12)13(11-4-5-11)9-15(20(23)24)21(25)26/h6-11,16H,1-5,22H2,(H,25,26). The molecule has 1 saturated carbocycles. The summed E-state index contributed by atoms with van der Waals surface area (Å²) in [4.78, 5) is 26.6. The number of hydrogen-bond donors (Lipinski definition) is 2. The first-order valence-corrected chi connectivity index (χ1v) is 10.2. The summed E-state index contributed by atoms with van der Waals surface area (Å²) >= 11 is 1.78. The molecule has 3 aromatic rings. The van der Waals surface area contributed by atoms with Crippen LogP contribution in [0.25, 0.3) is 16.0 Å². The molecule has 3 heterocycles. The fraction of sp³-hybridized carbons (Fsp3) is 0.333. The molecule has 0 bridgehead atoms. The molecule has 138 valence electrons. The molecule has 0 aliphatic heterocycles. The number of carbonyl (C=O) groups is 1. The topological polar surface area (TPSA) is 84.8 Å². The number of aromatic carboxylic acids is 1. The number of fused-ring (bicyclic) bond motifs is 2. The molecule has 5 nitrogen and oxygen atoms in total. The Morgan fingerprint density at radius 2 is 2.00 bits per heavy atom. The van der Waals surface area contributed by atoms with Crippen molar-refractivity contribution in [1.82, 2.24) is 4.40 Å². The number of nitrogens with two attached hydrogens (primary N) is 1. The highest BCUT2D eigenvalue weighted by Crippen LogP contribution is 2.43. The van der Waals surface area contributed by atoms with Crippen molar-refractivity contribution in [3.8, 4) is 10.4 Å². The van der Waals surface area contributed by atoms with Crippen LogP contribution in [0.5, 0.6) is 0 Å². The molecule has 5 rings (SSSR count). The first-order valence-electron chi connectivity index (χ1n) is 9.34. The lowest BCUT2D eigenvalue weighted by Gasteiger charge is -2.17. The molecule has 2 aliphatic carbocycles. The van der Waals surface area contributed by atoms with E-state index in [1.54, 1.807) is 23.6 Å². The van der Waals surface area contributed by atoms with Crippen LogP contribution in [-0.4, -0.2) is 15.5 Å². The lowest BCUT2D eigenvalue weighted by Crippen LogP contribution is -2.22. The van der Waals surface area contributed by atoms with Gasteiger partial charge in [-0.1, -0.05) is 0 Å². The van der Waals surface area contributed by atoms with Gasteiger partial charge < -0.3 is 10.8 Å². The summed E-state index contributed by atoms with van der Waals surface area (Å²) in [7, 11) is 0. The van der Waals surface area contributed by atoms with E-state index in [1.807, 2.05) is 12.1 Å². The van der Waals surface area contributed by atoms with E-state index < -0.39 is 11.5 Å². The molecule has 6 heteroatoms. The Labute approximate surface area is 160 Å². The number of carboxylic acids is 1. The van der Waals surface area contributed by atoms with Crippen molar-refractivity contribution in [1.29, 1.82) is 0 Å². The second kappa shape index (κ2) is 6.04. The number of aryl methyl sites for hydroxylation is 1. The number of aromatic nitrogens is 1. The van der Waals surface area contributed by atoms with Gasteiger partial charge in [-0.2, -0.15) is 0 Å². The van der Waals surface area contributed by atoms with Crippen LogP contribution in [-0.2, 0) is 6.42 Å². The molecule has 2 aliphatic rings. The zero-order valence-corrected chi connectivity index (χ0v) is 15.6. The van der Waals surface area contributed by atoms with E-state index in [1.165, 1.54) is 14.8 Å². The van der Waals surface area contributed by atoms with Gasteiger partial charge in [0.05, 0.1) is 5.52 Å². The largest absolute Gasteiger partial charge is 0.477 e. The molecule has 0 saturated heterocycles. The highest BCUT2D eigenvalue weighted by molar-refractivity contribution is 7.15. The van der Waals surface area contributed by atoms with Gasteiger partial charge in [0.2, 0.25) is 0 Å². The summed E-state index contributed by atoms with van der Waals surface area (Å²) in [6.07, 6.45) is 7.03. The Morgan fingerprint density at radius 3 is 2.70 bits per heavy atom. The number of hydrogen-bond acceptors (Lipinski definition) is 4. The third-order valence-corrected chi connectivity index (χ3v) is 6.95. The first kappa shape index (κ1) is 16.7. The minimum atomic E-state index is -1.17. The molecule has 27 heavy (non-hydrogen) atoms. The van der Waals surface area contributed by atoms with Gasteiger partial charge in [-0.15, -0.1) is 11.3 Å². The Bertz CT molecular complexity index is 1140. The van der Waals surface area contributed by atoms with Crippen LogP contribution in [0.3, 0.4) is 0 Å². The molecule has 1 atom stereocenters. The van der Waals surface area contributed by atoms with Crippen molar-refractivity contribution < 1.29 is 9.90 Å². The molecule has 0 radical (unpaired) electrons. The second-order valence-electron chi connectivity index (χ2n) is 7.56. The number of nitrogens with zero attached hydrogens (tertiary/aromatic N) is 1. The van der Waals surface area contributed by atoms with Gasteiger partial charge >= 0.3 is 5.97 Å². The van der Waals surface area contributed by atoms with E-state index >= 15 is 0 Å². The molecule has 0 amide bonds.